The van der Waals surface area contributed by atoms with Gasteiger partial charge in [-0.05, 0) is 24.3 Å². The lowest BCUT2D eigenvalue weighted by atomic mass is 10.2. The van der Waals surface area contributed by atoms with Crippen LogP contribution in [0.5, 0.6) is 5.75 Å². The van der Waals surface area contributed by atoms with E-state index < -0.39 is 0 Å². The van der Waals surface area contributed by atoms with Crippen LogP contribution in [0.2, 0.25) is 0 Å². The zero-order valence-corrected chi connectivity index (χ0v) is 10.3. The summed E-state index contributed by atoms with van der Waals surface area (Å²) in [6.45, 7) is 0. The van der Waals surface area contributed by atoms with Crippen LogP contribution in [0.1, 0.15) is 10.4 Å². The van der Waals surface area contributed by atoms with Crippen LogP contribution in [-0.2, 0) is 0 Å². The molecule has 0 heterocycles. The molecule has 0 unspecified atom stereocenters. The van der Waals surface area contributed by atoms with E-state index in [2.05, 4.69) is 10.2 Å². The van der Waals surface area contributed by atoms with Gasteiger partial charge < -0.3 is 10.2 Å². The van der Waals surface area contributed by atoms with Crippen LogP contribution >= 0.6 is 12.4 Å². The third-order valence-electron chi connectivity index (χ3n) is 2.29. The van der Waals surface area contributed by atoms with Gasteiger partial charge >= 0.3 is 0 Å². The second kappa shape index (κ2) is 6.64. The van der Waals surface area contributed by atoms with Gasteiger partial charge in [-0.1, -0.05) is 30.3 Å². The zero-order valence-electron chi connectivity index (χ0n) is 9.50. The fourth-order valence-electron chi connectivity index (χ4n) is 1.48. The molecule has 2 aromatic carbocycles. The van der Waals surface area contributed by atoms with Crippen molar-refractivity contribution in [3.05, 3.63) is 60.2 Å². The summed E-state index contributed by atoms with van der Waals surface area (Å²) in [6, 6.07) is 16.0. The number of benzene rings is 2. The number of halogens is 1. The second-order valence-electron chi connectivity index (χ2n) is 3.43. The molecule has 0 aliphatic heterocycles. The molecule has 0 saturated carbocycles. The molecular formula is C13H13ClN2O2. The van der Waals surface area contributed by atoms with Crippen molar-refractivity contribution in [1.82, 2.24) is 0 Å². The Morgan fingerprint density at radius 3 is 2.28 bits per heavy atom. The molecule has 0 fully saturated rings. The highest BCUT2D eigenvalue weighted by Crippen LogP contribution is 2.18. The molecule has 0 aliphatic carbocycles. The van der Waals surface area contributed by atoms with Crippen molar-refractivity contribution < 1.29 is 9.63 Å². The summed E-state index contributed by atoms with van der Waals surface area (Å²) in [5.41, 5.74) is 1.13. The normalized spacial score (nSPS) is 9.17. The van der Waals surface area contributed by atoms with Gasteiger partial charge in [0.15, 0.2) is 5.75 Å². The average molecular weight is 265 g/mol. The number of amides is 1. The Morgan fingerprint density at radius 1 is 1.00 bits per heavy atom. The van der Waals surface area contributed by atoms with Crippen molar-refractivity contribution in [2.45, 2.75) is 0 Å². The first kappa shape index (κ1) is 14.0. The van der Waals surface area contributed by atoms with Gasteiger partial charge in [0.1, 0.15) is 0 Å². The van der Waals surface area contributed by atoms with Crippen LogP contribution in [0, 0.1) is 0 Å². The molecule has 3 N–H and O–H groups in total. The Morgan fingerprint density at radius 2 is 1.61 bits per heavy atom. The zero-order chi connectivity index (χ0) is 12.1. The van der Waals surface area contributed by atoms with E-state index in [1.54, 1.807) is 24.3 Å². The molecule has 2 aromatic rings. The Kier molecular flexibility index (Phi) is 5.17. The van der Waals surface area contributed by atoms with Gasteiger partial charge in [0, 0.05) is 5.69 Å². The SMILES string of the molecule is Cl.NOc1ccccc1C(=O)Nc1ccccc1. The number of nitrogens with two attached hydrogens (primary N) is 1. The smallest absolute Gasteiger partial charge is 0.259 e. The van der Waals surface area contributed by atoms with E-state index in [-0.39, 0.29) is 18.3 Å². The Hall–Kier alpha value is -2.04. The van der Waals surface area contributed by atoms with Gasteiger partial charge in [0.2, 0.25) is 0 Å². The first-order valence-electron chi connectivity index (χ1n) is 5.13. The fraction of sp³-hybridized carbons (Fsp3) is 0. The van der Waals surface area contributed by atoms with Crippen LogP contribution < -0.4 is 16.1 Å². The number of carbonyl (C=O) groups is 1. The van der Waals surface area contributed by atoms with Crippen molar-refractivity contribution in [3.8, 4) is 5.75 Å². The number of hydrogen-bond donors (Lipinski definition) is 2. The molecule has 0 bridgehead atoms. The number of nitrogens with one attached hydrogen (secondary N) is 1. The summed E-state index contributed by atoms with van der Waals surface area (Å²) in [5, 5.41) is 2.76. The van der Waals surface area contributed by atoms with E-state index in [0.29, 0.717) is 11.3 Å². The summed E-state index contributed by atoms with van der Waals surface area (Å²) in [7, 11) is 0. The largest absolute Gasteiger partial charge is 0.411 e. The Balaban J connectivity index is 0.00000162. The molecule has 0 saturated heterocycles. The van der Waals surface area contributed by atoms with Crippen LogP contribution in [0.3, 0.4) is 0 Å². The van der Waals surface area contributed by atoms with Crippen LogP contribution in [0.25, 0.3) is 0 Å². The Bertz CT molecular complexity index is 517. The number of para-hydroxylation sites is 2. The van der Waals surface area contributed by atoms with Gasteiger partial charge in [-0.25, -0.2) is 0 Å². The summed E-state index contributed by atoms with van der Waals surface area (Å²) in [5.74, 6) is 5.20. The molecule has 0 aliphatic rings. The monoisotopic (exact) mass is 264 g/mol. The molecular weight excluding hydrogens is 252 g/mol. The summed E-state index contributed by atoms with van der Waals surface area (Å²) in [6.07, 6.45) is 0. The van der Waals surface area contributed by atoms with E-state index in [0.717, 1.165) is 5.69 Å². The molecule has 18 heavy (non-hydrogen) atoms. The van der Waals surface area contributed by atoms with E-state index >= 15 is 0 Å². The third-order valence-corrected chi connectivity index (χ3v) is 2.29. The third kappa shape index (κ3) is 3.23. The van der Waals surface area contributed by atoms with E-state index in [9.17, 15) is 4.79 Å². The summed E-state index contributed by atoms with van der Waals surface area (Å²) < 4.78 is 0. The predicted molar refractivity (Wildman–Crippen MR) is 72.9 cm³/mol. The van der Waals surface area contributed by atoms with Crippen molar-refractivity contribution >= 4 is 24.0 Å². The van der Waals surface area contributed by atoms with Crippen LogP contribution in [-0.4, -0.2) is 5.91 Å². The van der Waals surface area contributed by atoms with Gasteiger partial charge in [-0.15, -0.1) is 12.4 Å². The topological polar surface area (TPSA) is 64.3 Å². The molecule has 0 atom stereocenters. The first-order valence-corrected chi connectivity index (χ1v) is 5.13. The molecule has 5 heteroatoms. The van der Waals surface area contributed by atoms with Crippen LogP contribution in [0.15, 0.2) is 54.6 Å². The molecule has 0 aromatic heterocycles. The van der Waals surface area contributed by atoms with Crippen molar-refractivity contribution in [2.24, 2.45) is 5.90 Å². The molecule has 0 spiro atoms. The van der Waals surface area contributed by atoms with Gasteiger partial charge in [0.25, 0.3) is 5.91 Å². The highest BCUT2D eigenvalue weighted by molar-refractivity contribution is 6.06. The number of rotatable bonds is 3. The lowest BCUT2D eigenvalue weighted by Gasteiger charge is -2.08. The second-order valence-corrected chi connectivity index (χ2v) is 3.43. The predicted octanol–water partition coefficient (Wildman–Crippen LogP) is 2.61. The van der Waals surface area contributed by atoms with Crippen LogP contribution in [0.4, 0.5) is 5.69 Å². The van der Waals surface area contributed by atoms with Crippen molar-refractivity contribution in [2.75, 3.05) is 5.32 Å². The molecule has 94 valence electrons. The first-order chi connectivity index (χ1) is 8.31. The molecule has 2 rings (SSSR count). The molecule has 4 nitrogen and oxygen atoms in total. The number of anilines is 1. The summed E-state index contributed by atoms with van der Waals surface area (Å²) >= 11 is 0. The number of carbonyl (C=O) groups excluding carboxylic acids is 1. The standard InChI is InChI=1S/C13H12N2O2.ClH/c14-17-12-9-5-4-8-11(12)13(16)15-10-6-2-1-3-7-10;/h1-9H,14H2,(H,15,16);1H. The average Bonchev–Trinajstić information content (AvgIpc) is 2.40. The quantitative estimate of drug-likeness (QED) is 0.838. The van der Waals surface area contributed by atoms with E-state index in [1.165, 1.54) is 0 Å². The molecule has 0 radical (unpaired) electrons. The minimum absolute atomic E-state index is 0. The minimum atomic E-state index is -0.253. The highest BCUT2D eigenvalue weighted by atomic mass is 35.5. The highest BCUT2D eigenvalue weighted by Gasteiger charge is 2.11. The van der Waals surface area contributed by atoms with Gasteiger partial charge in [-0.2, -0.15) is 5.90 Å². The van der Waals surface area contributed by atoms with E-state index in [1.807, 2.05) is 30.3 Å². The Labute approximate surface area is 111 Å². The van der Waals surface area contributed by atoms with Crippen molar-refractivity contribution in [3.63, 3.8) is 0 Å². The van der Waals surface area contributed by atoms with E-state index in [4.69, 9.17) is 5.90 Å². The summed E-state index contributed by atoms with van der Waals surface area (Å²) in [4.78, 5) is 16.6. The number of hydrogen-bond acceptors (Lipinski definition) is 3. The molecule has 1 amide bonds. The fourth-order valence-corrected chi connectivity index (χ4v) is 1.48. The maximum Gasteiger partial charge on any atom is 0.259 e. The van der Waals surface area contributed by atoms with Crippen molar-refractivity contribution in [1.29, 1.82) is 0 Å². The lowest BCUT2D eigenvalue weighted by Crippen LogP contribution is -2.15. The van der Waals surface area contributed by atoms with Gasteiger partial charge in [0.05, 0.1) is 5.56 Å². The maximum atomic E-state index is 11.9. The van der Waals surface area contributed by atoms with Gasteiger partial charge in [-0.3, -0.25) is 4.79 Å². The maximum absolute atomic E-state index is 11.9. The minimum Gasteiger partial charge on any atom is -0.411 e. The lowest BCUT2D eigenvalue weighted by molar-refractivity contribution is 0.102.